The van der Waals surface area contributed by atoms with E-state index in [1.807, 2.05) is 30.3 Å². The van der Waals surface area contributed by atoms with Crippen LogP contribution in [0.3, 0.4) is 0 Å². The molecule has 0 heterocycles. The minimum atomic E-state index is -1.16. The van der Waals surface area contributed by atoms with Gasteiger partial charge in [-0.05, 0) is 47.7 Å². The van der Waals surface area contributed by atoms with Gasteiger partial charge < -0.3 is 25.3 Å². The van der Waals surface area contributed by atoms with Gasteiger partial charge >= 0.3 is 18.0 Å². The second-order valence-electron chi connectivity index (χ2n) is 9.88. The van der Waals surface area contributed by atoms with E-state index in [1.54, 1.807) is 44.2 Å². The summed E-state index contributed by atoms with van der Waals surface area (Å²) in [5.41, 5.74) is 9.03. The van der Waals surface area contributed by atoms with E-state index in [0.29, 0.717) is 22.6 Å². The Bertz CT molecular complexity index is 1320. The molecule has 0 saturated carbocycles. The fraction of sp³-hybridized carbons (Fsp3) is 0.323. The van der Waals surface area contributed by atoms with Gasteiger partial charge in [-0.1, -0.05) is 80.0 Å². The standard InChI is InChI=1S/C31H34ClFN2O6/c1-19(2)29(36)40-20(3)41-31(38)35-28(30(37)39-18-22-7-5-4-6-8-22)17-25(34)15-21-9-11-23(12-10-21)26-16-24(32)13-14-27(26)33/h4-14,16,19-20,25,28H,15,17-18,34H2,1-3H3,(H,35,38). The number of halogens is 2. The summed E-state index contributed by atoms with van der Waals surface area (Å²) in [7, 11) is 0. The van der Waals surface area contributed by atoms with Crippen molar-refractivity contribution in [1.82, 2.24) is 5.32 Å². The maximum Gasteiger partial charge on any atom is 0.410 e. The Labute approximate surface area is 243 Å². The van der Waals surface area contributed by atoms with E-state index in [-0.39, 0.29) is 18.8 Å². The number of alkyl carbamates (subject to hydrolysis) is 1. The Morgan fingerprint density at radius 1 is 0.902 bits per heavy atom. The lowest BCUT2D eigenvalue weighted by atomic mass is 9.97. The molecule has 0 aliphatic rings. The first-order chi connectivity index (χ1) is 19.5. The summed E-state index contributed by atoms with van der Waals surface area (Å²) >= 11 is 6.01. The molecule has 0 aliphatic carbocycles. The lowest BCUT2D eigenvalue weighted by Gasteiger charge is -2.22. The molecule has 3 aromatic carbocycles. The summed E-state index contributed by atoms with van der Waals surface area (Å²) in [6.45, 7) is 4.70. The topological polar surface area (TPSA) is 117 Å². The number of carbonyl (C=O) groups is 3. The molecule has 0 radical (unpaired) electrons. The van der Waals surface area contributed by atoms with Crippen molar-refractivity contribution < 1.29 is 33.0 Å². The van der Waals surface area contributed by atoms with E-state index >= 15 is 0 Å². The van der Waals surface area contributed by atoms with Crippen LogP contribution in [0, 0.1) is 11.7 Å². The average Bonchev–Trinajstić information content (AvgIpc) is 2.93. The third-order valence-corrected chi connectivity index (χ3v) is 6.29. The summed E-state index contributed by atoms with van der Waals surface area (Å²) in [5, 5.41) is 2.91. The number of nitrogens with two attached hydrogens (primary N) is 1. The van der Waals surface area contributed by atoms with Crippen molar-refractivity contribution in [3.05, 3.63) is 94.8 Å². The molecule has 0 bridgehead atoms. The van der Waals surface area contributed by atoms with E-state index in [9.17, 15) is 18.8 Å². The fourth-order valence-corrected chi connectivity index (χ4v) is 4.09. The number of nitrogens with one attached hydrogen (secondary N) is 1. The molecule has 0 aliphatic heterocycles. The van der Waals surface area contributed by atoms with Crippen LogP contribution in [-0.2, 0) is 36.8 Å². The highest BCUT2D eigenvalue weighted by Gasteiger charge is 2.27. The maximum absolute atomic E-state index is 14.2. The number of rotatable bonds is 12. The Kier molecular flexibility index (Phi) is 11.7. The lowest BCUT2D eigenvalue weighted by molar-refractivity contribution is -0.169. The molecule has 0 saturated heterocycles. The Balaban J connectivity index is 1.65. The summed E-state index contributed by atoms with van der Waals surface area (Å²) in [6.07, 6.45) is -1.73. The molecular weight excluding hydrogens is 551 g/mol. The van der Waals surface area contributed by atoms with E-state index in [0.717, 1.165) is 11.1 Å². The maximum atomic E-state index is 14.2. The molecule has 3 atom stereocenters. The van der Waals surface area contributed by atoms with Crippen LogP contribution in [0.2, 0.25) is 5.02 Å². The van der Waals surface area contributed by atoms with Crippen molar-refractivity contribution in [2.75, 3.05) is 0 Å². The minimum Gasteiger partial charge on any atom is -0.459 e. The van der Waals surface area contributed by atoms with Crippen LogP contribution in [0.4, 0.5) is 9.18 Å². The largest absolute Gasteiger partial charge is 0.459 e. The van der Waals surface area contributed by atoms with Crippen molar-refractivity contribution in [2.45, 2.75) is 58.6 Å². The summed E-state index contributed by atoms with van der Waals surface area (Å²) in [6, 6.07) is 18.9. The first-order valence-electron chi connectivity index (χ1n) is 13.2. The highest BCUT2D eigenvalue weighted by molar-refractivity contribution is 6.30. The molecule has 3 unspecified atom stereocenters. The molecule has 0 aromatic heterocycles. The van der Waals surface area contributed by atoms with Gasteiger partial charge in [-0.25, -0.2) is 14.0 Å². The fourth-order valence-electron chi connectivity index (χ4n) is 3.92. The van der Waals surface area contributed by atoms with Crippen LogP contribution in [0.15, 0.2) is 72.8 Å². The number of carbonyl (C=O) groups excluding carboxylic acids is 3. The van der Waals surface area contributed by atoms with Crippen LogP contribution < -0.4 is 11.1 Å². The first-order valence-corrected chi connectivity index (χ1v) is 13.6. The zero-order valence-electron chi connectivity index (χ0n) is 23.1. The van der Waals surface area contributed by atoms with Crippen molar-refractivity contribution in [3.8, 4) is 11.1 Å². The third-order valence-electron chi connectivity index (χ3n) is 6.06. The monoisotopic (exact) mass is 584 g/mol. The van der Waals surface area contributed by atoms with Crippen LogP contribution in [0.5, 0.6) is 0 Å². The molecular formula is C31H34ClFN2O6. The van der Waals surface area contributed by atoms with Crippen LogP contribution in [-0.4, -0.2) is 36.4 Å². The molecule has 3 N–H and O–H groups in total. The third kappa shape index (κ3) is 10.2. The van der Waals surface area contributed by atoms with Gasteiger partial charge in [-0.15, -0.1) is 0 Å². The molecule has 3 rings (SSSR count). The van der Waals surface area contributed by atoms with E-state index in [4.69, 9.17) is 31.5 Å². The minimum absolute atomic E-state index is 0.00602. The quantitative estimate of drug-likeness (QED) is 0.204. The first kappa shape index (κ1) is 31.6. The van der Waals surface area contributed by atoms with Crippen LogP contribution >= 0.6 is 11.6 Å². The van der Waals surface area contributed by atoms with E-state index in [2.05, 4.69) is 5.32 Å². The predicted octanol–water partition coefficient (Wildman–Crippen LogP) is 5.79. The van der Waals surface area contributed by atoms with Gasteiger partial charge in [0.1, 0.15) is 18.5 Å². The average molecular weight is 585 g/mol. The Hall–Kier alpha value is -3.95. The summed E-state index contributed by atoms with van der Waals surface area (Å²) in [4.78, 5) is 37.3. The van der Waals surface area contributed by atoms with Crippen molar-refractivity contribution in [2.24, 2.45) is 11.7 Å². The zero-order valence-corrected chi connectivity index (χ0v) is 23.9. The molecule has 218 valence electrons. The second-order valence-corrected chi connectivity index (χ2v) is 10.3. The second kappa shape index (κ2) is 15.2. The van der Waals surface area contributed by atoms with Crippen molar-refractivity contribution in [1.29, 1.82) is 0 Å². The van der Waals surface area contributed by atoms with Gasteiger partial charge in [-0.3, -0.25) is 4.79 Å². The summed E-state index contributed by atoms with van der Waals surface area (Å²) in [5.74, 6) is -2.02. The number of hydrogen-bond acceptors (Lipinski definition) is 7. The Morgan fingerprint density at radius 3 is 2.24 bits per heavy atom. The molecule has 0 fully saturated rings. The molecule has 1 amide bonds. The van der Waals surface area contributed by atoms with Crippen LogP contribution in [0.1, 0.15) is 38.3 Å². The summed E-state index contributed by atoms with van der Waals surface area (Å²) < 4.78 is 29.8. The lowest BCUT2D eigenvalue weighted by Crippen LogP contribution is -2.46. The van der Waals surface area contributed by atoms with Crippen LogP contribution in [0.25, 0.3) is 11.1 Å². The predicted molar refractivity (Wildman–Crippen MR) is 153 cm³/mol. The highest BCUT2D eigenvalue weighted by atomic mass is 35.5. The molecule has 0 spiro atoms. The van der Waals surface area contributed by atoms with Crippen molar-refractivity contribution in [3.63, 3.8) is 0 Å². The molecule has 3 aromatic rings. The SMILES string of the molecule is CC(OC(=O)NC(CC(N)Cc1ccc(-c2cc(Cl)ccc2F)cc1)C(=O)OCc1ccccc1)OC(=O)C(C)C. The van der Waals surface area contributed by atoms with Gasteiger partial charge in [0.05, 0.1) is 5.92 Å². The smallest absolute Gasteiger partial charge is 0.410 e. The van der Waals surface area contributed by atoms with Gasteiger partial charge in [-0.2, -0.15) is 0 Å². The number of esters is 2. The van der Waals surface area contributed by atoms with Crippen molar-refractivity contribution >= 4 is 29.6 Å². The van der Waals surface area contributed by atoms with E-state index < -0.39 is 42.3 Å². The normalized spacial score (nSPS) is 13.1. The highest BCUT2D eigenvalue weighted by Crippen LogP contribution is 2.26. The molecule has 10 heteroatoms. The van der Waals surface area contributed by atoms with E-state index in [1.165, 1.54) is 19.1 Å². The zero-order chi connectivity index (χ0) is 29.9. The van der Waals surface area contributed by atoms with Gasteiger partial charge in [0.25, 0.3) is 0 Å². The molecule has 41 heavy (non-hydrogen) atoms. The number of benzene rings is 3. The number of amides is 1. The number of ether oxygens (including phenoxy) is 3. The van der Waals surface area contributed by atoms with Gasteiger partial charge in [0, 0.05) is 23.6 Å². The van der Waals surface area contributed by atoms with Gasteiger partial charge in [0.15, 0.2) is 0 Å². The van der Waals surface area contributed by atoms with Gasteiger partial charge in [0.2, 0.25) is 6.29 Å². The number of hydrogen-bond donors (Lipinski definition) is 2. The molecule has 8 nitrogen and oxygen atoms in total. The Morgan fingerprint density at radius 2 is 1.59 bits per heavy atom.